The van der Waals surface area contributed by atoms with E-state index in [-0.39, 0.29) is 6.61 Å². The van der Waals surface area contributed by atoms with Gasteiger partial charge in [-0.3, -0.25) is 0 Å². The van der Waals surface area contributed by atoms with Crippen LogP contribution in [0.25, 0.3) is 0 Å². The highest BCUT2D eigenvalue weighted by Crippen LogP contribution is 2.08. The van der Waals surface area contributed by atoms with Crippen LogP contribution in [-0.2, 0) is 13.2 Å². The lowest BCUT2D eigenvalue weighted by molar-refractivity contribution is -0.884. The Labute approximate surface area is 80.0 Å². The fraction of sp³-hybridized carbons (Fsp3) is 0.455. The molecular weight excluding hydrogens is 162 g/mol. The van der Waals surface area contributed by atoms with E-state index in [4.69, 9.17) is 0 Å². The minimum absolute atomic E-state index is 0.120. The van der Waals surface area contributed by atoms with Gasteiger partial charge in [0.05, 0.1) is 21.1 Å². The Balaban J connectivity index is 2.70. The Morgan fingerprint density at radius 2 is 1.46 bits per heavy atom. The van der Waals surface area contributed by atoms with Crippen molar-refractivity contribution in [3.63, 3.8) is 0 Å². The zero-order valence-corrected chi connectivity index (χ0v) is 8.58. The van der Waals surface area contributed by atoms with E-state index in [0.717, 1.165) is 16.6 Å². The maximum absolute atomic E-state index is 10.5. The fourth-order valence-electron chi connectivity index (χ4n) is 1.29. The second-order valence-corrected chi connectivity index (χ2v) is 4.41. The molecule has 0 spiro atoms. The van der Waals surface area contributed by atoms with Gasteiger partial charge in [0, 0.05) is 5.56 Å². The number of nitrogens with zero attached hydrogens (tertiary/aromatic N) is 1. The molecule has 0 aliphatic heterocycles. The average Bonchev–Trinajstić information content (AvgIpc) is 2.03. The molecule has 0 unspecified atom stereocenters. The van der Waals surface area contributed by atoms with Crippen molar-refractivity contribution < 1.29 is 9.59 Å². The summed E-state index contributed by atoms with van der Waals surface area (Å²) in [7, 11) is 6.46. The normalized spacial score (nSPS) is 11.7. The summed E-state index contributed by atoms with van der Waals surface area (Å²) >= 11 is 0. The smallest absolute Gasteiger partial charge is 0.104 e. The highest BCUT2D eigenvalue weighted by atomic mass is 16.3. The number of benzene rings is 1. The molecule has 0 saturated carbocycles. The first-order chi connectivity index (χ1) is 6.01. The molecule has 0 heterocycles. The van der Waals surface area contributed by atoms with Gasteiger partial charge in [-0.05, 0) is 0 Å². The summed E-state index contributed by atoms with van der Waals surface area (Å²) in [5.41, 5.74) is 2.15. The molecule has 2 heteroatoms. The number of quaternary nitrogens is 1. The molecule has 13 heavy (non-hydrogen) atoms. The Bertz CT molecular complexity index is 258. The van der Waals surface area contributed by atoms with Crippen molar-refractivity contribution >= 4 is 0 Å². The average molecular weight is 179 g/mol. The molecule has 0 atom stereocenters. The molecule has 1 rings (SSSR count). The van der Waals surface area contributed by atoms with Gasteiger partial charge in [0.15, 0.2) is 0 Å². The predicted molar refractivity (Wildman–Crippen MR) is 51.9 cm³/mol. The van der Waals surface area contributed by atoms with E-state index in [1.165, 1.54) is 5.56 Å². The molecule has 0 saturated heterocycles. The first-order valence-corrected chi connectivity index (χ1v) is 4.48. The summed E-state index contributed by atoms with van der Waals surface area (Å²) in [6.45, 7) is 0.879. The van der Waals surface area contributed by atoms with Crippen molar-refractivity contribution in [2.45, 2.75) is 13.2 Å². The lowest BCUT2D eigenvalue weighted by atomic mass is 10.1. The Morgan fingerprint density at radius 3 is 1.85 bits per heavy atom. The van der Waals surface area contributed by atoms with Crippen molar-refractivity contribution in [1.29, 1.82) is 0 Å². The van der Waals surface area contributed by atoms with Crippen molar-refractivity contribution in [3.8, 4) is 0 Å². The highest BCUT2D eigenvalue weighted by Gasteiger charge is 2.07. The van der Waals surface area contributed by atoms with Crippen molar-refractivity contribution in [3.05, 3.63) is 35.4 Å². The van der Waals surface area contributed by atoms with Gasteiger partial charge >= 0.3 is 0 Å². The van der Waals surface area contributed by atoms with Crippen LogP contribution in [0.15, 0.2) is 24.3 Å². The minimum Gasteiger partial charge on any atom is -0.851 e. The zero-order chi connectivity index (χ0) is 9.90. The lowest BCUT2D eigenvalue weighted by Crippen LogP contribution is -2.33. The van der Waals surface area contributed by atoms with Gasteiger partial charge in [-0.2, -0.15) is 0 Å². The SMILES string of the molecule is C[N+](C)(C)Cc1ccc(C[O-])cc1. The van der Waals surface area contributed by atoms with E-state index < -0.39 is 0 Å². The first kappa shape index (κ1) is 10.2. The Hall–Kier alpha value is -0.860. The summed E-state index contributed by atoms with van der Waals surface area (Å²) in [5.74, 6) is 0. The predicted octanol–water partition coefficient (Wildman–Crippen LogP) is 0.753. The molecule has 0 fully saturated rings. The van der Waals surface area contributed by atoms with Crippen LogP contribution >= 0.6 is 0 Å². The molecular formula is C11H17NO. The molecule has 1 aromatic rings. The summed E-state index contributed by atoms with van der Waals surface area (Å²) in [4.78, 5) is 0. The summed E-state index contributed by atoms with van der Waals surface area (Å²) < 4.78 is 0.913. The molecule has 0 aliphatic carbocycles. The third-order valence-corrected chi connectivity index (χ3v) is 1.85. The van der Waals surface area contributed by atoms with Crippen LogP contribution in [0.5, 0.6) is 0 Å². The van der Waals surface area contributed by atoms with Crippen LogP contribution in [0.3, 0.4) is 0 Å². The van der Waals surface area contributed by atoms with Gasteiger partial charge in [0.25, 0.3) is 0 Å². The molecule has 0 amide bonds. The van der Waals surface area contributed by atoms with Gasteiger partial charge in [-0.25, -0.2) is 0 Å². The molecule has 0 bridgehead atoms. The summed E-state index contributed by atoms with van der Waals surface area (Å²) in [5, 5.41) is 10.5. The fourth-order valence-corrected chi connectivity index (χ4v) is 1.29. The monoisotopic (exact) mass is 179 g/mol. The van der Waals surface area contributed by atoms with Gasteiger partial charge in [-0.15, -0.1) is 6.61 Å². The number of hydrogen-bond acceptors (Lipinski definition) is 1. The minimum atomic E-state index is -0.120. The van der Waals surface area contributed by atoms with E-state index in [9.17, 15) is 5.11 Å². The van der Waals surface area contributed by atoms with E-state index in [1.807, 2.05) is 24.3 Å². The van der Waals surface area contributed by atoms with E-state index >= 15 is 0 Å². The maximum atomic E-state index is 10.5. The van der Waals surface area contributed by atoms with Crippen molar-refractivity contribution in [2.24, 2.45) is 0 Å². The van der Waals surface area contributed by atoms with Gasteiger partial charge in [0.2, 0.25) is 0 Å². The van der Waals surface area contributed by atoms with Crippen LogP contribution in [0.1, 0.15) is 11.1 Å². The van der Waals surface area contributed by atoms with Gasteiger partial charge < -0.3 is 9.59 Å². The van der Waals surface area contributed by atoms with Gasteiger partial charge in [0.1, 0.15) is 6.54 Å². The van der Waals surface area contributed by atoms with Crippen LogP contribution in [0.4, 0.5) is 0 Å². The lowest BCUT2D eigenvalue weighted by Gasteiger charge is -2.24. The van der Waals surface area contributed by atoms with E-state index in [1.54, 1.807) is 0 Å². The molecule has 0 N–H and O–H groups in total. The third-order valence-electron chi connectivity index (χ3n) is 1.85. The molecule has 1 aromatic carbocycles. The van der Waals surface area contributed by atoms with Crippen LogP contribution in [0, 0.1) is 0 Å². The standard InChI is InChI=1S/C11H17NO/c1-12(2,3)8-10-4-6-11(9-13)7-5-10/h4-7H,8-9H2,1-3H3. The second-order valence-electron chi connectivity index (χ2n) is 4.41. The molecule has 2 nitrogen and oxygen atoms in total. The molecule has 0 aliphatic rings. The van der Waals surface area contributed by atoms with Crippen LogP contribution in [0.2, 0.25) is 0 Å². The van der Waals surface area contributed by atoms with Gasteiger partial charge in [-0.1, -0.05) is 29.8 Å². The molecule has 0 radical (unpaired) electrons. The molecule has 0 aromatic heterocycles. The largest absolute Gasteiger partial charge is 0.851 e. The third kappa shape index (κ3) is 3.57. The molecule has 72 valence electrons. The Kier molecular flexibility index (Phi) is 3.07. The number of rotatable bonds is 3. The zero-order valence-electron chi connectivity index (χ0n) is 8.58. The van der Waals surface area contributed by atoms with Crippen molar-refractivity contribution in [2.75, 3.05) is 21.1 Å². The highest BCUT2D eigenvalue weighted by molar-refractivity contribution is 5.21. The van der Waals surface area contributed by atoms with Crippen LogP contribution in [-0.4, -0.2) is 25.6 Å². The second kappa shape index (κ2) is 3.90. The van der Waals surface area contributed by atoms with Crippen LogP contribution < -0.4 is 5.11 Å². The quantitative estimate of drug-likeness (QED) is 0.628. The summed E-state index contributed by atoms with van der Waals surface area (Å²) in [6.07, 6.45) is 0. The van der Waals surface area contributed by atoms with Crippen molar-refractivity contribution in [1.82, 2.24) is 0 Å². The Morgan fingerprint density at radius 1 is 1.00 bits per heavy atom. The topological polar surface area (TPSA) is 23.1 Å². The van der Waals surface area contributed by atoms with E-state index in [2.05, 4.69) is 21.1 Å². The van der Waals surface area contributed by atoms with E-state index in [0.29, 0.717) is 0 Å². The number of hydrogen-bond donors (Lipinski definition) is 0. The summed E-state index contributed by atoms with van der Waals surface area (Å²) in [6, 6.07) is 7.91. The maximum Gasteiger partial charge on any atom is 0.104 e. The first-order valence-electron chi connectivity index (χ1n) is 4.48.